The van der Waals surface area contributed by atoms with E-state index in [0.717, 1.165) is 28.8 Å². The number of benzene rings is 2. The van der Waals surface area contributed by atoms with Gasteiger partial charge in [0.1, 0.15) is 0 Å². The summed E-state index contributed by atoms with van der Waals surface area (Å²) in [6.07, 6.45) is 0.766. The lowest BCUT2D eigenvalue weighted by Crippen LogP contribution is -2.21. The topological polar surface area (TPSA) is 49.3 Å². The Hall–Kier alpha value is -2.69. The van der Waals surface area contributed by atoms with E-state index in [1.54, 1.807) is 14.2 Å². The molecular weight excluding hydrogens is 306 g/mol. The zero-order valence-electron chi connectivity index (χ0n) is 14.0. The minimum atomic E-state index is 0.145. The molecular formula is C19H19NO4. The zero-order valence-corrected chi connectivity index (χ0v) is 14.0. The summed E-state index contributed by atoms with van der Waals surface area (Å²) >= 11 is 0. The van der Waals surface area contributed by atoms with Crippen molar-refractivity contribution >= 4 is 5.71 Å². The molecule has 0 unspecified atom stereocenters. The molecule has 2 aromatic rings. The van der Waals surface area contributed by atoms with E-state index >= 15 is 0 Å². The number of aliphatic imine (C=N–C) groups is 1. The van der Waals surface area contributed by atoms with Gasteiger partial charge in [0.05, 0.1) is 31.5 Å². The van der Waals surface area contributed by atoms with Crippen molar-refractivity contribution in [3.05, 3.63) is 47.0 Å². The fraction of sp³-hybridized carbons (Fsp3) is 0.316. The lowest BCUT2D eigenvalue weighted by molar-refractivity contribution is 0.168. The molecule has 2 aliphatic heterocycles. The van der Waals surface area contributed by atoms with Crippen LogP contribution in [0.15, 0.2) is 35.3 Å². The average molecular weight is 325 g/mol. The Morgan fingerprint density at radius 2 is 1.67 bits per heavy atom. The van der Waals surface area contributed by atoms with Gasteiger partial charge in [-0.2, -0.15) is 0 Å². The molecule has 1 atom stereocenters. The molecule has 0 bridgehead atoms. The van der Waals surface area contributed by atoms with Gasteiger partial charge in [-0.15, -0.1) is 0 Å². The highest BCUT2D eigenvalue weighted by atomic mass is 16.7. The summed E-state index contributed by atoms with van der Waals surface area (Å²) in [4.78, 5) is 4.89. The number of methoxy groups -OCH3 is 2. The Morgan fingerprint density at radius 1 is 1.00 bits per heavy atom. The second kappa shape index (κ2) is 5.74. The highest BCUT2D eigenvalue weighted by Crippen LogP contribution is 2.53. The van der Waals surface area contributed by atoms with Crippen molar-refractivity contribution in [3.63, 3.8) is 0 Å². The fourth-order valence-corrected chi connectivity index (χ4v) is 3.41. The Kier molecular flexibility index (Phi) is 3.56. The number of nitrogens with zero attached hydrogens (tertiary/aromatic N) is 1. The number of rotatable bonds is 3. The van der Waals surface area contributed by atoms with E-state index in [1.165, 1.54) is 0 Å². The van der Waals surface area contributed by atoms with Crippen molar-refractivity contribution < 1.29 is 18.9 Å². The van der Waals surface area contributed by atoms with Gasteiger partial charge in [-0.1, -0.05) is 30.3 Å². The molecule has 0 radical (unpaired) electrons. The minimum Gasteiger partial charge on any atom is -0.492 e. The molecule has 2 aromatic carbocycles. The van der Waals surface area contributed by atoms with Crippen LogP contribution in [0.3, 0.4) is 0 Å². The molecule has 2 aliphatic rings. The van der Waals surface area contributed by atoms with E-state index in [-0.39, 0.29) is 12.8 Å². The molecule has 5 heteroatoms. The summed E-state index contributed by atoms with van der Waals surface area (Å²) < 4.78 is 22.7. The van der Waals surface area contributed by atoms with Crippen molar-refractivity contribution in [1.29, 1.82) is 0 Å². The van der Waals surface area contributed by atoms with Gasteiger partial charge < -0.3 is 18.9 Å². The van der Waals surface area contributed by atoms with Gasteiger partial charge in [-0.3, -0.25) is 4.99 Å². The normalized spacial score (nSPS) is 18.0. The van der Waals surface area contributed by atoms with Gasteiger partial charge in [-0.25, -0.2) is 0 Å². The standard InChI is InChI=1S/C19H19NO4/c1-11-9-13-14(15(20-11)12-7-5-4-6-8-12)17(22-3)19-18(16(13)21-2)23-10-24-19/h4-8,11H,9-10H2,1-3H3/t11-/m0/s1. The largest absolute Gasteiger partial charge is 0.492 e. The van der Waals surface area contributed by atoms with Crippen molar-refractivity contribution in [2.75, 3.05) is 21.0 Å². The minimum absolute atomic E-state index is 0.145. The van der Waals surface area contributed by atoms with Crippen LogP contribution in [-0.4, -0.2) is 32.8 Å². The summed E-state index contributed by atoms with van der Waals surface area (Å²) in [5.41, 5.74) is 3.94. The van der Waals surface area contributed by atoms with E-state index in [2.05, 4.69) is 19.1 Å². The molecule has 24 heavy (non-hydrogen) atoms. The second-order valence-corrected chi connectivity index (χ2v) is 5.88. The molecule has 0 aromatic heterocycles. The Morgan fingerprint density at radius 3 is 2.33 bits per heavy atom. The number of hydrogen-bond donors (Lipinski definition) is 0. The summed E-state index contributed by atoms with van der Waals surface area (Å²) in [6.45, 7) is 2.26. The Balaban J connectivity index is 2.04. The molecule has 0 N–H and O–H groups in total. The molecule has 0 spiro atoms. The molecule has 124 valence electrons. The number of hydrogen-bond acceptors (Lipinski definition) is 5. The van der Waals surface area contributed by atoms with Crippen LogP contribution >= 0.6 is 0 Å². The van der Waals surface area contributed by atoms with Crippen LogP contribution < -0.4 is 18.9 Å². The lowest BCUT2D eigenvalue weighted by atomic mass is 9.88. The zero-order chi connectivity index (χ0) is 16.7. The quantitative estimate of drug-likeness (QED) is 0.869. The van der Waals surface area contributed by atoms with Gasteiger partial charge in [0, 0.05) is 11.1 Å². The number of fused-ring (bicyclic) bond motifs is 2. The second-order valence-electron chi connectivity index (χ2n) is 5.88. The van der Waals surface area contributed by atoms with Crippen LogP contribution in [-0.2, 0) is 6.42 Å². The maximum atomic E-state index is 5.70. The third kappa shape index (κ3) is 2.12. The monoisotopic (exact) mass is 325 g/mol. The van der Waals surface area contributed by atoms with E-state index in [1.807, 2.05) is 18.2 Å². The molecule has 5 nitrogen and oxygen atoms in total. The maximum Gasteiger partial charge on any atom is 0.231 e. The summed E-state index contributed by atoms with van der Waals surface area (Å²) in [7, 11) is 3.30. The summed E-state index contributed by atoms with van der Waals surface area (Å²) in [6, 6.07) is 10.3. The first kappa shape index (κ1) is 14.9. The summed E-state index contributed by atoms with van der Waals surface area (Å²) in [5, 5.41) is 0. The molecule has 0 fully saturated rings. The van der Waals surface area contributed by atoms with Gasteiger partial charge in [0.25, 0.3) is 0 Å². The van der Waals surface area contributed by atoms with E-state index in [4.69, 9.17) is 23.9 Å². The first-order valence-electron chi connectivity index (χ1n) is 7.94. The van der Waals surface area contributed by atoms with Crippen LogP contribution in [0.2, 0.25) is 0 Å². The third-order valence-corrected chi connectivity index (χ3v) is 4.37. The van der Waals surface area contributed by atoms with E-state index < -0.39 is 0 Å². The first-order chi connectivity index (χ1) is 11.7. The maximum absolute atomic E-state index is 5.70. The van der Waals surface area contributed by atoms with Crippen molar-refractivity contribution in [2.24, 2.45) is 4.99 Å². The highest BCUT2D eigenvalue weighted by molar-refractivity contribution is 6.17. The fourth-order valence-electron chi connectivity index (χ4n) is 3.41. The predicted octanol–water partition coefficient (Wildman–Crippen LogP) is 3.21. The molecule has 0 saturated heterocycles. The smallest absolute Gasteiger partial charge is 0.231 e. The highest BCUT2D eigenvalue weighted by Gasteiger charge is 2.35. The predicted molar refractivity (Wildman–Crippen MR) is 90.9 cm³/mol. The van der Waals surface area contributed by atoms with Crippen LogP contribution in [0, 0.1) is 0 Å². The van der Waals surface area contributed by atoms with Crippen LogP contribution in [0.25, 0.3) is 0 Å². The van der Waals surface area contributed by atoms with Crippen LogP contribution in [0.1, 0.15) is 23.6 Å². The molecule has 0 saturated carbocycles. The van der Waals surface area contributed by atoms with Crippen molar-refractivity contribution in [3.8, 4) is 23.0 Å². The average Bonchev–Trinajstić information content (AvgIpc) is 3.09. The third-order valence-electron chi connectivity index (χ3n) is 4.37. The Bertz CT molecular complexity index is 814. The van der Waals surface area contributed by atoms with Gasteiger partial charge in [0.2, 0.25) is 18.3 Å². The Labute approximate surface area is 140 Å². The first-order valence-corrected chi connectivity index (χ1v) is 7.94. The van der Waals surface area contributed by atoms with Crippen molar-refractivity contribution in [1.82, 2.24) is 0 Å². The number of ether oxygens (including phenoxy) is 4. The molecule has 0 aliphatic carbocycles. The molecule has 0 amide bonds. The van der Waals surface area contributed by atoms with E-state index in [0.29, 0.717) is 23.0 Å². The van der Waals surface area contributed by atoms with E-state index in [9.17, 15) is 0 Å². The SMILES string of the molecule is COc1c2c(c(OC)c3c1OCO3)C(c1ccccc1)=N[C@@H](C)C2. The van der Waals surface area contributed by atoms with Gasteiger partial charge in [0.15, 0.2) is 11.5 Å². The van der Waals surface area contributed by atoms with Crippen molar-refractivity contribution in [2.45, 2.75) is 19.4 Å². The van der Waals surface area contributed by atoms with Gasteiger partial charge >= 0.3 is 0 Å². The van der Waals surface area contributed by atoms with Gasteiger partial charge in [-0.05, 0) is 13.3 Å². The molecule has 4 rings (SSSR count). The van der Waals surface area contributed by atoms with Crippen LogP contribution in [0.4, 0.5) is 0 Å². The molecule has 2 heterocycles. The lowest BCUT2D eigenvalue weighted by Gasteiger charge is -2.26. The summed E-state index contributed by atoms with van der Waals surface area (Å²) in [5.74, 6) is 2.59. The van der Waals surface area contributed by atoms with Crippen LogP contribution in [0.5, 0.6) is 23.0 Å².